The van der Waals surface area contributed by atoms with Gasteiger partial charge in [-0.1, -0.05) is 24.8 Å². The van der Waals surface area contributed by atoms with Crippen LogP contribution in [-0.2, 0) is 19.4 Å². The van der Waals surface area contributed by atoms with Crippen LogP contribution in [0.1, 0.15) is 39.9 Å². The van der Waals surface area contributed by atoms with E-state index in [2.05, 4.69) is 6.92 Å². The van der Waals surface area contributed by atoms with Crippen molar-refractivity contribution in [1.29, 1.82) is 0 Å². The van der Waals surface area contributed by atoms with E-state index in [1.165, 1.54) is 33.5 Å². The fourth-order valence-electron chi connectivity index (χ4n) is 3.23. The van der Waals surface area contributed by atoms with Crippen molar-refractivity contribution in [3.8, 4) is 0 Å². The van der Waals surface area contributed by atoms with Crippen molar-refractivity contribution in [2.75, 3.05) is 5.75 Å². The van der Waals surface area contributed by atoms with E-state index in [0.29, 0.717) is 17.5 Å². The average Bonchev–Trinajstić information content (AvgIpc) is 3.31. The van der Waals surface area contributed by atoms with Crippen molar-refractivity contribution in [1.82, 2.24) is 9.55 Å². The first-order chi connectivity index (χ1) is 12.2. The van der Waals surface area contributed by atoms with Gasteiger partial charge in [0.2, 0.25) is 0 Å². The summed E-state index contributed by atoms with van der Waals surface area (Å²) < 4.78 is 1.76. The van der Waals surface area contributed by atoms with Crippen LogP contribution in [0.25, 0.3) is 10.2 Å². The Kier molecular flexibility index (Phi) is 4.80. The van der Waals surface area contributed by atoms with Gasteiger partial charge in [-0.05, 0) is 42.7 Å². The largest absolute Gasteiger partial charge is 0.292 e. The standard InChI is InChI=1S/C18H18N2O2S3/c1-2-8-20-17(22)15-11-5-3-6-13(11)25-16(15)19-18(20)24-10-12(21)14-7-4-9-23-14/h4,7,9H,2-3,5-6,8,10H2,1H3. The summed E-state index contributed by atoms with van der Waals surface area (Å²) in [6.45, 7) is 2.70. The SMILES string of the molecule is CCCn1c(SCC(=O)c2cccs2)nc2sc3c(c2c1=O)CCC3. The molecule has 7 heteroatoms. The van der Waals surface area contributed by atoms with E-state index in [1.54, 1.807) is 15.9 Å². The highest BCUT2D eigenvalue weighted by molar-refractivity contribution is 7.99. The molecule has 1 aliphatic rings. The van der Waals surface area contributed by atoms with Crippen LogP contribution in [-0.4, -0.2) is 21.1 Å². The fourth-order valence-corrected chi connectivity index (χ4v) is 6.19. The summed E-state index contributed by atoms with van der Waals surface area (Å²) in [7, 11) is 0. The lowest BCUT2D eigenvalue weighted by molar-refractivity contribution is 0.102. The van der Waals surface area contributed by atoms with Gasteiger partial charge in [-0.2, -0.15) is 0 Å². The quantitative estimate of drug-likeness (QED) is 0.356. The van der Waals surface area contributed by atoms with Gasteiger partial charge in [-0.15, -0.1) is 22.7 Å². The van der Waals surface area contributed by atoms with Crippen LogP contribution in [0.5, 0.6) is 0 Å². The lowest BCUT2D eigenvalue weighted by Crippen LogP contribution is -2.23. The lowest BCUT2D eigenvalue weighted by Gasteiger charge is -2.11. The van der Waals surface area contributed by atoms with Crippen LogP contribution in [0.4, 0.5) is 0 Å². The van der Waals surface area contributed by atoms with E-state index < -0.39 is 0 Å². The number of thiophene rings is 2. The molecule has 4 nitrogen and oxygen atoms in total. The molecule has 3 aromatic rings. The highest BCUT2D eigenvalue weighted by Crippen LogP contribution is 2.35. The Morgan fingerprint density at radius 3 is 3.04 bits per heavy atom. The van der Waals surface area contributed by atoms with E-state index in [1.807, 2.05) is 17.5 Å². The molecule has 0 unspecified atom stereocenters. The predicted molar refractivity (Wildman–Crippen MR) is 106 cm³/mol. The van der Waals surface area contributed by atoms with Crippen molar-refractivity contribution in [3.63, 3.8) is 0 Å². The number of carbonyl (C=O) groups excluding carboxylic acids is 1. The second-order valence-corrected chi connectivity index (χ2v) is 9.05. The molecule has 0 aliphatic heterocycles. The normalized spacial score (nSPS) is 13.5. The van der Waals surface area contributed by atoms with E-state index in [4.69, 9.17) is 4.98 Å². The minimum Gasteiger partial charge on any atom is -0.292 e. The highest BCUT2D eigenvalue weighted by Gasteiger charge is 2.23. The van der Waals surface area contributed by atoms with Crippen molar-refractivity contribution in [3.05, 3.63) is 43.2 Å². The van der Waals surface area contributed by atoms with Crippen LogP contribution in [0.2, 0.25) is 0 Å². The van der Waals surface area contributed by atoms with Gasteiger partial charge in [0.1, 0.15) is 4.83 Å². The number of ketones is 1. The molecule has 4 rings (SSSR count). The van der Waals surface area contributed by atoms with Crippen molar-refractivity contribution >= 4 is 50.4 Å². The number of aryl methyl sites for hydroxylation is 2. The number of thioether (sulfide) groups is 1. The van der Waals surface area contributed by atoms with Crippen molar-refractivity contribution < 1.29 is 4.79 Å². The molecule has 130 valence electrons. The molecular formula is C18H18N2O2S3. The summed E-state index contributed by atoms with van der Waals surface area (Å²) in [5.41, 5.74) is 1.28. The van der Waals surface area contributed by atoms with Crippen LogP contribution in [0.3, 0.4) is 0 Å². The van der Waals surface area contributed by atoms with Gasteiger partial charge < -0.3 is 0 Å². The average molecular weight is 391 g/mol. The number of rotatable bonds is 6. The second kappa shape index (κ2) is 7.05. The molecule has 25 heavy (non-hydrogen) atoms. The number of hydrogen-bond acceptors (Lipinski definition) is 6. The summed E-state index contributed by atoms with van der Waals surface area (Å²) in [5.74, 6) is 0.402. The first-order valence-electron chi connectivity index (χ1n) is 8.43. The number of fused-ring (bicyclic) bond motifs is 3. The minimum atomic E-state index is 0.0670. The summed E-state index contributed by atoms with van der Waals surface area (Å²) in [5, 5.41) is 3.40. The third kappa shape index (κ3) is 3.09. The van der Waals surface area contributed by atoms with Gasteiger partial charge >= 0.3 is 0 Å². The fraction of sp³-hybridized carbons (Fsp3) is 0.389. The van der Waals surface area contributed by atoms with E-state index >= 15 is 0 Å². The Morgan fingerprint density at radius 2 is 2.28 bits per heavy atom. The summed E-state index contributed by atoms with van der Waals surface area (Å²) >= 11 is 4.48. The molecule has 0 bridgehead atoms. The van der Waals surface area contributed by atoms with E-state index in [9.17, 15) is 9.59 Å². The van der Waals surface area contributed by atoms with Gasteiger partial charge in [-0.25, -0.2) is 4.98 Å². The number of carbonyl (C=O) groups is 1. The maximum Gasteiger partial charge on any atom is 0.263 e. The maximum atomic E-state index is 13.1. The first kappa shape index (κ1) is 17.0. The van der Waals surface area contributed by atoms with Crippen molar-refractivity contribution in [2.24, 2.45) is 0 Å². The first-order valence-corrected chi connectivity index (χ1v) is 11.1. The molecule has 0 atom stereocenters. The third-order valence-corrected chi connectivity index (χ3v) is 7.44. The molecule has 3 aromatic heterocycles. The molecule has 0 radical (unpaired) electrons. The minimum absolute atomic E-state index is 0.0670. The lowest BCUT2D eigenvalue weighted by atomic mass is 10.2. The molecule has 3 heterocycles. The maximum absolute atomic E-state index is 13.1. The Morgan fingerprint density at radius 1 is 1.40 bits per heavy atom. The predicted octanol–water partition coefficient (Wildman–Crippen LogP) is 4.39. The number of hydrogen-bond donors (Lipinski definition) is 0. The van der Waals surface area contributed by atoms with Gasteiger partial charge in [0.25, 0.3) is 5.56 Å². The molecule has 0 amide bonds. The zero-order valence-corrected chi connectivity index (χ0v) is 16.4. The molecule has 1 aliphatic carbocycles. The Labute approximate surface area is 157 Å². The summed E-state index contributed by atoms with van der Waals surface area (Å²) in [4.78, 5) is 33.0. The van der Waals surface area contributed by atoms with Crippen LogP contribution < -0.4 is 5.56 Å². The van der Waals surface area contributed by atoms with Gasteiger partial charge in [0.05, 0.1) is 16.0 Å². The molecule has 0 fully saturated rings. The zero-order valence-electron chi connectivity index (χ0n) is 13.9. The van der Waals surface area contributed by atoms with E-state index in [0.717, 1.165) is 40.8 Å². The van der Waals surface area contributed by atoms with Gasteiger partial charge in [0, 0.05) is 11.4 Å². The molecule has 0 spiro atoms. The molecule has 0 N–H and O–H groups in total. The monoisotopic (exact) mass is 390 g/mol. The number of nitrogens with zero attached hydrogens (tertiary/aromatic N) is 2. The smallest absolute Gasteiger partial charge is 0.263 e. The zero-order chi connectivity index (χ0) is 17.4. The third-order valence-electron chi connectivity index (χ3n) is 4.37. The van der Waals surface area contributed by atoms with Crippen LogP contribution >= 0.6 is 34.4 Å². The topological polar surface area (TPSA) is 52.0 Å². The summed E-state index contributed by atoms with van der Waals surface area (Å²) in [6, 6.07) is 3.72. The molecular weight excluding hydrogens is 372 g/mol. The van der Waals surface area contributed by atoms with Gasteiger partial charge in [-0.3, -0.25) is 14.2 Å². The molecule has 0 saturated carbocycles. The van der Waals surface area contributed by atoms with Gasteiger partial charge in [0.15, 0.2) is 10.9 Å². The molecule has 0 saturated heterocycles. The molecule has 0 aromatic carbocycles. The van der Waals surface area contributed by atoms with Crippen LogP contribution in [0, 0.1) is 0 Å². The highest BCUT2D eigenvalue weighted by atomic mass is 32.2. The van der Waals surface area contributed by atoms with Crippen molar-refractivity contribution in [2.45, 2.75) is 44.3 Å². The Balaban J connectivity index is 1.71. The van der Waals surface area contributed by atoms with E-state index in [-0.39, 0.29) is 11.3 Å². The summed E-state index contributed by atoms with van der Waals surface area (Å²) in [6.07, 6.45) is 4.05. The number of Topliss-reactive ketones (excluding diaryl/α,β-unsaturated/α-hetero) is 1. The Bertz CT molecular complexity index is 986. The second-order valence-electron chi connectivity index (χ2n) is 6.08. The van der Waals surface area contributed by atoms with Crippen LogP contribution in [0.15, 0.2) is 27.5 Å². The number of aromatic nitrogens is 2. The Hall–Kier alpha value is -1.44.